The Morgan fingerprint density at radius 2 is 1.88 bits per heavy atom. The van der Waals surface area contributed by atoms with E-state index in [1.165, 1.54) is 24.9 Å². The third-order valence-corrected chi connectivity index (χ3v) is 4.46. The molecule has 0 radical (unpaired) electrons. The number of para-hydroxylation sites is 1. The van der Waals surface area contributed by atoms with Gasteiger partial charge in [0.25, 0.3) is 0 Å². The van der Waals surface area contributed by atoms with Crippen molar-refractivity contribution in [3.8, 4) is 5.75 Å². The normalized spacial score (nSPS) is 14.0. The van der Waals surface area contributed by atoms with Crippen LogP contribution in [0.2, 0.25) is 0 Å². The Morgan fingerprint density at radius 1 is 1.08 bits per heavy atom. The first-order valence-electron chi connectivity index (χ1n) is 8.78. The van der Waals surface area contributed by atoms with Crippen molar-refractivity contribution in [3.05, 3.63) is 54.1 Å². The van der Waals surface area contributed by atoms with Crippen LogP contribution < -0.4 is 20.3 Å². The Morgan fingerprint density at radius 3 is 2.68 bits per heavy atom. The van der Waals surface area contributed by atoms with Crippen LogP contribution >= 0.6 is 0 Å². The second kappa shape index (κ2) is 8.42. The van der Waals surface area contributed by atoms with Crippen LogP contribution in [0.5, 0.6) is 5.75 Å². The summed E-state index contributed by atoms with van der Waals surface area (Å²) in [4.78, 5) is 14.6. The number of amides is 2. The van der Waals surface area contributed by atoms with Crippen LogP contribution in [-0.4, -0.2) is 26.2 Å². The van der Waals surface area contributed by atoms with E-state index in [9.17, 15) is 4.79 Å². The third-order valence-electron chi connectivity index (χ3n) is 4.46. The van der Waals surface area contributed by atoms with Gasteiger partial charge in [-0.15, -0.1) is 0 Å². The van der Waals surface area contributed by atoms with E-state index in [0.717, 1.165) is 30.1 Å². The number of hydrogen-bond donors (Lipinski definition) is 2. The van der Waals surface area contributed by atoms with Gasteiger partial charge in [-0.05, 0) is 43.5 Å². The molecule has 0 atom stereocenters. The van der Waals surface area contributed by atoms with Gasteiger partial charge in [-0.3, -0.25) is 0 Å². The van der Waals surface area contributed by atoms with Crippen molar-refractivity contribution >= 4 is 17.4 Å². The van der Waals surface area contributed by atoms with Crippen molar-refractivity contribution in [2.45, 2.75) is 25.8 Å². The van der Waals surface area contributed by atoms with Crippen LogP contribution in [0.3, 0.4) is 0 Å². The van der Waals surface area contributed by atoms with Gasteiger partial charge in [-0.1, -0.05) is 24.3 Å². The molecule has 1 saturated heterocycles. The summed E-state index contributed by atoms with van der Waals surface area (Å²) in [6.07, 6.45) is 3.77. The Bertz CT molecular complexity index is 712. The van der Waals surface area contributed by atoms with Crippen LogP contribution in [0, 0.1) is 0 Å². The Balaban J connectivity index is 1.57. The molecule has 0 aliphatic carbocycles. The van der Waals surface area contributed by atoms with Crippen molar-refractivity contribution in [1.29, 1.82) is 0 Å². The molecule has 0 spiro atoms. The Kier molecular flexibility index (Phi) is 5.77. The molecule has 0 bridgehead atoms. The molecule has 1 aliphatic rings. The fourth-order valence-electron chi connectivity index (χ4n) is 3.13. The molecule has 25 heavy (non-hydrogen) atoms. The number of carbonyl (C=O) groups excluding carboxylic acids is 1. The predicted molar refractivity (Wildman–Crippen MR) is 101 cm³/mol. The summed E-state index contributed by atoms with van der Waals surface area (Å²) in [7, 11) is 1.63. The highest BCUT2D eigenvalue weighted by Gasteiger charge is 2.12. The standard InChI is InChI=1S/C20H25N3O2/c1-25-19-11-4-3-8-16(19)15-21-20(24)22-17-9-7-10-18(14-17)23-12-5-2-6-13-23/h3-4,7-11,14H,2,5-6,12-13,15H2,1H3,(H2,21,22,24). The third kappa shape index (κ3) is 4.66. The topological polar surface area (TPSA) is 53.6 Å². The average Bonchev–Trinajstić information content (AvgIpc) is 2.67. The lowest BCUT2D eigenvalue weighted by Gasteiger charge is -2.29. The molecule has 5 nitrogen and oxygen atoms in total. The van der Waals surface area contributed by atoms with Gasteiger partial charge >= 0.3 is 6.03 Å². The van der Waals surface area contributed by atoms with Crippen LogP contribution in [0.15, 0.2) is 48.5 Å². The smallest absolute Gasteiger partial charge is 0.319 e. The van der Waals surface area contributed by atoms with Gasteiger partial charge in [0.2, 0.25) is 0 Å². The zero-order valence-corrected chi connectivity index (χ0v) is 14.6. The van der Waals surface area contributed by atoms with E-state index in [2.05, 4.69) is 21.6 Å². The second-order valence-electron chi connectivity index (χ2n) is 6.22. The predicted octanol–water partition coefficient (Wildman–Crippen LogP) is 4.01. The van der Waals surface area contributed by atoms with Gasteiger partial charge < -0.3 is 20.3 Å². The number of benzene rings is 2. The minimum Gasteiger partial charge on any atom is -0.496 e. The van der Waals surface area contributed by atoms with E-state index in [1.807, 2.05) is 42.5 Å². The van der Waals surface area contributed by atoms with Crippen molar-refractivity contribution in [3.63, 3.8) is 0 Å². The van der Waals surface area contributed by atoms with Crippen LogP contribution in [0.4, 0.5) is 16.2 Å². The number of ether oxygens (including phenoxy) is 1. The van der Waals surface area contributed by atoms with E-state index in [4.69, 9.17) is 4.74 Å². The summed E-state index contributed by atoms with van der Waals surface area (Å²) in [5, 5.41) is 5.79. The lowest BCUT2D eigenvalue weighted by atomic mass is 10.1. The van der Waals surface area contributed by atoms with Crippen LogP contribution in [0.1, 0.15) is 24.8 Å². The zero-order valence-electron chi connectivity index (χ0n) is 14.6. The lowest BCUT2D eigenvalue weighted by molar-refractivity contribution is 0.251. The summed E-state index contributed by atoms with van der Waals surface area (Å²) in [5.41, 5.74) is 2.92. The number of piperidine rings is 1. The molecule has 132 valence electrons. The summed E-state index contributed by atoms with van der Waals surface area (Å²) in [6, 6.07) is 15.5. The SMILES string of the molecule is COc1ccccc1CNC(=O)Nc1cccc(N2CCCCC2)c1. The molecule has 2 aromatic carbocycles. The summed E-state index contributed by atoms with van der Waals surface area (Å²) in [5.74, 6) is 0.773. The number of anilines is 2. The fraction of sp³-hybridized carbons (Fsp3) is 0.350. The fourth-order valence-corrected chi connectivity index (χ4v) is 3.13. The molecule has 1 aliphatic heterocycles. The number of carbonyl (C=O) groups is 1. The first kappa shape index (κ1) is 17.1. The quantitative estimate of drug-likeness (QED) is 0.865. The highest BCUT2D eigenvalue weighted by atomic mass is 16.5. The first-order chi connectivity index (χ1) is 12.3. The van der Waals surface area contributed by atoms with Crippen molar-refractivity contribution in [2.24, 2.45) is 0 Å². The van der Waals surface area contributed by atoms with E-state index in [0.29, 0.717) is 6.54 Å². The van der Waals surface area contributed by atoms with E-state index in [-0.39, 0.29) is 6.03 Å². The monoisotopic (exact) mass is 339 g/mol. The summed E-state index contributed by atoms with van der Waals surface area (Å²) < 4.78 is 5.30. The maximum Gasteiger partial charge on any atom is 0.319 e. The van der Waals surface area contributed by atoms with Gasteiger partial charge in [0.15, 0.2) is 0 Å². The number of nitrogens with zero attached hydrogens (tertiary/aromatic N) is 1. The highest BCUT2D eigenvalue weighted by Crippen LogP contribution is 2.23. The van der Waals surface area contributed by atoms with Crippen molar-refractivity contribution < 1.29 is 9.53 Å². The lowest BCUT2D eigenvalue weighted by Crippen LogP contribution is -2.30. The molecule has 0 saturated carbocycles. The Hall–Kier alpha value is -2.69. The minimum absolute atomic E-state index is 0.221. The molecule has 0 aromatic heterocycles. The maximum absolute atomic E-state index is 12.2. The van der Waals surface area contributed by atoms with E-state index < -0.39 is 0 Å². The number of hydrogen-bond acceptors (Lipinski definition) is 3. The molecule has 1 heterocycles. The highest BCUT2D eigenvalue weighted by molar-refractivity contribution is 5.89. The largest absolute Gasteiger partial charge is 0.496 e. The van der Waals surface area contributed by atoms with Gasteiger partial charge in [0, 0.05) is 36.6 Å². The van der Waals surface area contributed by atoms with Crippen molar-refractivity contribution in [1.82, 2.24) is 5.32 Å². The van der Waals surface area contributed by atoms with Gasteiger partial charge in [0.1, 0.15) is 5.75 Å². The summed E-state index contributed by atoms with van der Waals surface area (Å²) >= 11 is 0. The first-order valence-corrected chi connectivity index (χ1v) is 8.78. The average molecular weight is 339 g/mol. The molecular weight excluding hydrogens is 314 g/mol. The van der Waals surface area contributed by atoms with Gasteiger partial charge in [-0.25, -0.2) is 4.79 Å². The molecule has 2 aromatic rings. The molecule has 2 N–H and O–H groups in total. The second-order valence-corrected chi connectivity index (χ2v) is 6.22. The Labute approximate surface area is 149 Å². The molecule has 0 unspecified atom stereocenters. The van der Waals surface area contributed by atoms with Crippen LogP contribution in [-0.2, 0) is 6.54 Å². The van der Waals surface area contributed by atoms with Crippen molar-refractivity contribution in [2.75, 3.05) is 30.4 Å². The number of rotatable bonds is 5. The number of nitrogens with one attached hydrogen (secondary N) is 2. The molecule has 5 heteroatoms. The molecule has 1 fully saturated rings. The minimum atomic E-state index is -0.221. The maximum atomic E-state index is 12.2. The van der Waals surface area contributed by atoms with Gasteiger partial charge in [-0.2, -0.15) is 0 Å². The molecule has 2 amide bonds. The summed E-state index contributed by atoms with van der Waals surface area (Å²) in [6.45, 7) is 2.59. The molecular formula is C20H25N3O2. The number of urea groups is 1. The van der Waals surface area contributed by atoms with Gasteiger partial charge in [0.05, 0.1) is 7.11 Å². The van der Waals surface area contributed by atoms with Crippen LogP contribution in [0.25, 0.3) is 0 Å². The van der Waals surface area contributed by atoms with E-state index in [1.54, 1.807) is 7.11 Å². The van der Waals surface area contributed by atoms with E-state index >= 15 is 0 Å². The number of methoxy groups -OCH3 is 1. The zero-order chi connectivity index (χ0) is 17.5. The molecule has 3 rings (SSSR count).